The van der Waals surface area contributed by atoms with Crippen molar-refractivity contribution in [3.05, 3.63) is 34.9 Å². The van der Waals surface area contributed by atoms with E-state index in [0.29, 0.717) is 24.8 Å². The molecule has 0 aromatic heterocycles. The number of rotatable bonds is 5. The molecule has 0 fully saturated rings. The van der Waals surface area contributed by atoms with Gasteiger partial charge in [-0.2, -0.15) is 0 Å². The molecule has 1 aliphatic rings. The van der Waals surface area contributed by atoms with Crippen molar-refractivity contribution in [1.82, 2.24) is 0 Å². The molecule has 1 aromatic carbocycles. The molecule has 0 atom stereocenters. The molecule has 8 heteroatoms. The molecule has 1 heterocycles. The minimum Gasteiger partial charge on any atom is -0.247 e. The van der Waals surface area contributed by atoms with Crippen LogP contribution >= 0.6 is 0 Å². The average molecular weight is 392 g/mol. The average Bonchev–Trinajstić information content (AvgIpc) is 2.70. The van der Waals surface area contributed by atoms with Crippen molar-refractivity contribution in [2.24, 2.45) is 0 Å². The first-order chi connectivity index (χ1) is 13.5. The summed E-state index contributed by atoms with van der Waals surface area (Å²) < 4.78 is 0. The van der Waals surface area contributed by atoms with Gasteiger partial charge < -0.3 is 0 Å². The van der Waals surface area contributed by atoms with Crippen LogP contribution in [-0.2, 0) is 35.6 Å². The quantitative estimate of drug-likeness (QED) is 0.553. The Kier molecular flexibility index (Phi) is 8.45. The molecule has 0 spiro atoms. The third kappa shape index (κ3) is 6.37. The van der Waals surface area contributed by atoms with Crippen molar-refractivity contribution in [3.63, 3.8) is 0 Å². The summed E-state index contributed by atoms with van der Waals surface area (Å²) in [5, 5.41) is 0. The molecule has 0 aliphatic carbocycles. The number of carbonyl (C=O) groups is 4. The lowest BCUT2D eigenvalue weighted by Crippen LogP contribution is -2.17. The van der Waals surface area contributed by atoms with E-state index < -0.39 is 23.9 Å². The second-order valence-electron chi connectivity index (χ2n) is 6.50. The normalized spacial score (nSPS) is 16.2. The predicted octanol–water partition coefficient (Wildman–Crippen LogP) is 3.61. The van der Waals surface area contributed by atoms with Gasteiger partial charge in [0.2, 0.25) is 0 Å². The van der Waals surface area contributed by atoms with Crippen LogP contribution in [0.15, 0.2) is 18.2 Å². The summed E-state index contributed by atoms with van der Waals surface area (Å²) in [6, 6.07) is 4.43. The van der Waals surface area contributed by atoms with Gasteiger partial charge in [0.05, 0.1) is 24.0 Å². The Morgan fingerprint density at radius 3 is 1.79 bits per heavy atom. The van der Waals surface area contributed by atoms with Gasteiger partial charge in [-0.1, -0.05) is 32.3 Å². The van der Waals surface area contributed by atoms with Gasteiger partial charge in [0.15, 0.2) is 0 Å². The summed E-state index contributed by atoms with van der Waals surface area (Å²) >= 11 is 0. The fourth-order valence-corrected chi connectivity index (χ4v) is 2.85. The van der Waals surface area contributed by atoms with Crippen molar-refractivity contribution >= 4 is 23.9 Å². The zero-order valence-corrected chi connectivity index (χ0v) is 15.9. The topological polar surface area (TPSA) is 105 Å². The Balaban J connectivity index is 2.29. The number of unbranched alkanes of at least 4 members (excludes halogenated alkanes) is 3. The molecule has 28 heavy (non-hydrogen) atoms. The summed E-state index contributed by atoms with van der Waals surface area (Å²) in [5.41, 5.74) is 0.593. The first kappa shape index (κ1) is 21.4. The van der Waals surface area contributed by atoms with E-state index in [-0.39, 0.29) is 24.0 Å². The van der Waals surface area contributed by atoms with Crippen molar-refractivity contribution in [2.75, 3.05) is 0 Å². The highest BCUT2D eigenvalue weighted by molar-refractivity contribution is 5.98. The third-order valence-electron chi connectivity index (χ3n) is 4.33. The first-order valence-corrected chi connectivity index (χ1v) is 9.48. The van der Waals surface area contributed by atoms with E-state index in [1.165, 1.54) is 18.2 Å². The molecule has 152 valence electrons. The van der Waals surface area contributed by atoms with Crippen molar-refractivity contribution in [2.45, 2.75) is 64.7 Å². The number of benzene rings is 1. The van der Waals surface area contributed by atoms with Crippen molar-refractivity contribution in [3.8, 4) is 0 Å². The fourth-order valence-electron chi connectivity index (χ4n) is 2.85. The van der Waals surface area contributed by atoms with Gasteiger partial charge in [-0.3, -0.25) is 0 Å². The summed E-state index contributed by atoms with van der Waals surface area (Å²) in [4.78, 5) is 66.5. The molecule has 1 aromatic rings. The molecule has 0 amide bonds. The van der Waals surface area contributed by atoms with Gasteiger partial charge in [0, 0.05) is 0 Å². The highest BCUT2D eigenvalue weighted by Crippen LogP contribution is 2.21. The smallest absolute Gasteiger partial charge is 0.247 e. The molecule has 0 radical (unpaired) electrons. The van der Waals surface area contributed by atoms with E-state index in [9.17, 15) is 19.2 Å². The Bertz CT molecular complexity index is 673. The predicted molar refractivity (Wildman–Crippen MR) is 95.8 cm³/mol. The third-order valence-corrected chi connectivity index (χ3v) is 4.33. The maximum atomic E-state index is 12.4. The molecule has 0 saturated carbocycles. The zero-order chi connectivity index (χ0) is 20.4. The van der Waals surface area contributed by atoms with Crippen LogP contribution in [0.1, 0.15) is 84.6 Å². The monoisotopic (exact) mass is 392 g/mol. The van der Waals surface area contributed by atoms with E-state index in [4.69, 9.17) is 0 Å². The lowest BCUT2D eigenvalue weighted by Gasteiger charge is -2.12. The van der Waals surface area contributed by atoms with E-state index in [1.54, 1.807) is 0 Å². The number of fused-ring (bicyclic) bond motifs is 2. The highest BCUT2D eigenvalue weighted by atomic mass is 17.2. The molecule has 0 N–H and O–H groups in total. The molecule has 1 aliphatic heterocycles. The van der Waals surface area contributed by atoms with Crippen LogP contribution < -0.4 is 0 Å². The molecule has 8 nitrogen and oxygen atoms in total. The number of hydrogen-bond donors (Lipinski definition) is 0. The van der Waals surface area contributed by atoms with Crippen LogP contribution in [0.25, 0.3) is 0 Å². The number of hydrogen-bond acceptors (Lipinski definition) is 8. The summed E-state index contributed by atoms with van der Waals surface area (Å²) in [6.45, 7) is 2.07. The fraction of sp³-hybridized carbons (Fsp3) is 0.500. The van der Waals surface area contributed by atoms with Crippen LogP contribution in [0.2, 0.25) is 0 Å². The van der Waals surface area contributed by atoms with Crippen molar-refractivity contribution < 1.29 is 38.7 Å². The minimum atomic E-state index is -0.875. The Hall–Kier alpha value is -2.90. The molecular weight excluding hydrogens is 368 g/mol. The number of carbonyl (C=O) groups excluding carboxylic acids is 4. The summed E-state index contributed by atoms with van der Waals surface area (Å²) in [6.07, 6.45) is 4.72. The maximum Gasteiger partial charge on any atom is 0.386 e. The SMILES string of the molecule is CCCCCCc1c2cccc1C(=O)OOC(=O)CCCCC(=O)OOC2=O. The lowest BCUT2D eigenvalue weighted by atomic mass is 9.95. The van der Waals surface area contributed by atoms with E-state index >= 15 is 0 Å². The van der Waals surface area contributed by atoms with Gasteiger partial charge in [-0.25, -0.2) is 38.7 Å². The molecule has 2 bridgehead atoms. The second kappa shape index (κ2) is 11.1. The molecule has 2 rings (SSSR count). The highest BCUT2D eigenvalue weighted by Gasteiger charge is 2.24. The van der Waals surface area contributed by atoms with Gasteiger partial charge in [-0.05, 0) is 43.4 Å². The minimum absolute atomic E-state index is 0.0235. The van der Waals surface area contributed by atoms with Crippen LogP contribution in [-0.4, -0.2) is 23.9 Å². The Morgan fingerprint density at radius 2 is 1.29 bits per heavy atom. The second-order valence-corrected chi connectivity index (χ2v) is 6.50. The van der Waals surface area contributed by atoms with Gasteiger partial charge in [-0.15, -0.1) is 0 Å². The van der Waals surface area contributed by atoms with Crippen LogP contribution in [0.5, 0.6) is 0 Å². The first-order valence-electron chi connectivity index (χ1n) is 9.48. The van der Waals surface area contributed by atoms with Crippen LogP contribution in [0.4, 0.5) is 0 Å². The molecular formula is C20H24O8. The zero-order valence-electron chi connectivity index (χ0n) is 15.9. The molecule has 0 unspecified atom stereocenters. The van der Waals surface area contributed by atoms with Gasteiger partial charge >= 0.3 is 23.9 Å². The van der Waals surface area contributed by atoms with E-state index in [0.717, 1.165) is 25.7 Å². The standard InChI is InChI=1S/C20H24O8/c1-2-3-4-5-9-14-15-10-8-11-16(14)20(24)28-26-18(22)13-7-6-12-17(21)25-27-19(15)23/h8,10-11H,2-7,9,12-13H2,1H3. The van der Waals surface area contributed by atoms with Gasteiger partial charge in [0.1, 0.15) is 0 Å². The van der Waals surface area contributed by atoms with Crippen molar-refractivity contribution in [1.29, 1.82) is 0 Å². The maximum absolute atomic E-state index is 12.4. The van der Waals surface area contributed by atoms with Crippen LogP contribution in [0.3, 0.4) is 0 Å². The largest absolute Gasteiger partial charge is 0.386 e. The summed E-state index contributed by atoms with van der Waals surface area (Å²) in [7, 11) is 0. The van der Waals surface area contributed by atoms with Gasteiger partial charge in [0.25, 0.3) is 0 Å². The van der Waals surface area contributed by atoms with E-state index in [2.05, 4.69) is 26.5 Å². The Labute approximate surface area is 162 Å². The summed E-state index contributed by atoms with van der Waals surface area (Å²) in [5.74, 6) is -3.19. The molecule has 0 saturated heterocycles. The van der Waals surface area contributed by atoms with E-state index in [1.807, 2.05) is 0 Å². The van der Waals surface area contributed by atoms with Crippen LogP contribution in [0, 0.1) is 0 Å². The Morgan fingerprint density at radius 1 is 0.750 bits per heavy atom. The lowest BCUT2D eigenvalue weighted by molar-refractivity contribution is -0.235.